The predicted molar refractivity (Wildman–Crippen MR) is 119 cm³/mol. The number of piperidine rings is 1. The van der Waals surface area contributed by atoms with Crippen LogP contribution in [0.2, 0.25) is 0 Å². The molecule has 32 heavy (non-hydrogen) atoms. The number of ether oxygens (including phenoxy) is 1. The Morgan fingerprint density at radius 1 is 1.09 bits per heavy atom. The number of fused-ring (bicyclic) bond motifs is 1. The highest BCUT2D eigenvalue weighted by atomic mass is 32.2. The van der Waals surface area contributed by atoms with Crippen molar-refractivity contribution < 1.29 is 22.4 Å². The normalized spacial score (nSPS) is 15.2. The van der Waals surface area contributed by atoms with E-state index in [9.17, 15) is 18.0 Å². The molecule has 0 aliphatic carbocycles. The van der Waals surface area contributed by atoms with Crippen molar-refractivity contribution in [2.24, 2.45) is 0 Å². The van der Waals surface area contributed by atoms with Gasteiger partial charge in [-0.15, -0.1) is 0 Å². The number of carbonyl (C=O) groups excluding carboxylic acids is 1. The number of sulfonamides is 1. The van der Waals surface area contributed by atoms with Gasteiger partial charge in [-0.25, -0.2) is 18.0 Å². The Morgan fingerprint density at radius 3 is 2.62 bits per heavy atom. The molecular weight excluding hydrogens is 432 g/mol. The van der Waals surface area contributed by atoms with Gasteiger partial charge in [0.1, 0.15) is 0 Å². The molecule has 1 fully saturated rings. The lowest BCUT2D eigenvalue weighted by Gasteiger charge is -2.26. The van der Waals surface area contributed by atoms with Gasteiger partial charge in [0.2, 0.25) is 10.0 Å². The number of hydrogen-bond donors (Lipinski definition) is 0. The topological polar surface area (TPSA) is 98.8 Å². The van der Waals surface area contributed by atoms with Gasteiger partial charge in [0.25, 0.3) is 0 Å². The van der Waals surface area contributed by atoms with Gasteiger partial charge in [-0.3, -0.25) is 4.57 Å². The lowest BCUT2D eigenvalue weighted by atomic mass is 10.1. The summed E-state index contributed by atoms with van der Waals surface area (Å²) in [6, 6.07) is 11.7. The van der Waals surface area contributed by atoms with E-state index in [0.717, 1.165) is 19.3 Å². The summed E-state index contributed by atoms with van der Waals surface area (Å²) in [5, 5.41) is 0. The predicted octanol–water partition coefficient (Wildman–Crippen LogP) is 3.32. The fourth-order valence-electron chi connectivity index (χ4n) is 3.95. The fourth-order valence-corrected chi connectivity index (χ4v) is 5.71. The number of esters is 1. The first-order valence-corrected chi connectivity index (χ1v) is 12.2. The van der Waals surface area contributed by atoms with Crippen LogP contribution in [0, 0.1) is 6.92 Å². The van der Waals surface area contributed by atoms with Crippen molar-refractivity contribution >= 4 is 27.1 Å². The maximum absolute atomic E-state index is 13.0. The smallest absolute Gasteiger partial charge is 0.419 e. The Morgan fingerprint density at radius 2 is 1.84 bits per heavy atom. The fraction of sp³-hybridized carbons (Fsp3) is 0.391. The molecule has 0 unspecified atom stereocenters. The second-order valence-electron chi connectivity index (χ2n) is 7.92. The third-order valence-electron chi connectivity index (χ3n) is 5.69. The summed E-state index contributed by atoms with van der Waals surface area (Å²) in [7, 11) is -3.65. The number of rotatable bonds is 7. The van der Waals surface area contributed by atoms with Crippen LogP contribution < -0.4 is 5.76 Å². The van der Waals surface area contributed by atoms with Crippen molar-refractivity contribution in [3.05, 3.63) is 64.1 Å². The van der Waals surface area contributed by atoms with Gasteiger partial charge >= 0.3 is 11.7 Å². The lowest BCUT2D eigenvalue weighted by molar-refractivity contribution is 0.0495. The Bertz CT molecular complexity index is 1290. The number of aryl methyl sites for hydroxylation is 2. The second-order valence-corrected chi connectivity index (χ2v) is 9.83. The zero-order valence-corrected chi connectivity index (χ0v) is 18.8. The molecule has 0 spiro atoms. The van der Waals surface area contributed by atoms with E-state index in [4.69, 9.17) is 9.15 Å². The molecule has 8 nitrogen and oxygen atoms in total. The SMILES string of the molecule is Cc1ccc(C(=O)OCCCn2c(=O)oc3ccccc32)cc1S(=O)(=O)N1CCCCC1. The average molecular weight is 459 g/mol. The van der Waals surface area contributed by atoms with E-state index < -0.39 is 21.7 Å². The monoisotopic (exact) mass is 458 g/mol. The summed E-state index contributed by atoms with van der Waals surface area (Å²) in [4.78, 5) is 24.7. The number of hydrogen-bond acceptors (Lipinski definition) is 6. The van der Waals surface area contributed by atoms with E-state index in [1.165, 1.54) is 14.9 Å². The van der Waals surface area contributed by atoms with Crippen molar-refractivity contribution in [1.82, 2.24) is 8.87 Å². The van der Waals surface area contributed by atoms with Crippen molar-refractivity contribution in [2.75, 3.05) is 19.7 Å². The minimum absolute atomic E-state index is 0.0901. The first kappa shape index (κ1) is 22.3. The molecule has 9 heteroatoms. The van der Waals surface area contributed by atoms with E-state index in [2.05, 4.69) is 0 Å². The highest BCUT2D eigenvalue weighted by Crippen LogP contribution is 2.24. The molecule has 1 aliphatic heterocycles. The lowest BCUT2D eigenvalue weighted by Crippen LogP contribution is -2.36. The molecule has 0 amide bonds. The van der Waals surface area contributed by atoms with Crippen LogP contribution in [0.4, 0.5) is 0 Å². The number of benzene rings is 2. The summed E-state index contributed by atoms with van der Waals surface area (Å²) >= 11 is 0. The van der Waals surface area contributed by atoms with Gasteiger partial charge in [-0.05, 0) is 56.0 Å². The number of nitrogens with zero attached hydrogens (tertiary/aromatic N) is 2. The molecule has 1 saturated heterocycles. The van der Waals surface area contributed by atoms with Crippen LogP contribution in [0.25, 0.3) is 11.1 Å². The molecule has 0 atom stereocenters. The van der Waals surface area contributed by atoms with Gasteiger partial charge < -0.3 is 9.15 Å². The molecule has 0 bridgehead atoms. The molecule has 0 radical (unpaired) electrons. The molecule has 0 N–H and O–H groups in total. The second kappa shape index (κ2) is 9.30. The third kappa shape index (κ3) is 4.49. The summed E-state index contributed by atoms with van der Waals surface area (Å²) < 4.78 is 39.6. The van der Waals surface area contributed by atoms with Crippen molar-refractivity contribution in [1.29, 1.82) is 0 Å². The van der Waals surface area contributed by atoms with Crippen molar-refractivity contribution in [3.63, 3.8) is 0 Å². The molecule has 4 rings (SSSR count). The maximum Gasteiger partial charge on any atom is 0.419 e. The minimum Gasteiger partial charge on any atom is -0.462 e. The van der Waals surface area contributed by atoms with Crippen LogP contribution >= 0.6 is 0 Å². The van der Waals surface area contributed by atoms with Crippen LogP contribution in [-0.2, 0) is 21.3 Å². The quantitative estimate of drug-likeness (QED) is 0.398. The molecule has 1 aliphatic rings. The van der Waals surface area contributed by atoms with E-state index in [1.807, 2.05) is 6.07 Å². The Balaban J connectivity index is 1.41. The van der Waals surface area contributed by atoms with Gasteiger partial charge in [-0.2, -0.15) is 4.31 Å². The highest BCUT2D eigenvalue weighted by Gasteiger charge is 2.28. The average Bonchev–Trinajstić information content (AvgIpc) is 3.12. The van der Waals surface area contributed by atoms with Crippen LogP contribution in [0.3, 0.4) is 0 Å². The number of aromatic nitrogens is 1. The largest absolute Gasteiger partial charge is 0.462 e. The summed E-state index contributed by atoms with van der Waals surface area (Å²) in [6.45, 7) is 3.15. The van der Waals surface area contributed by atoms with E-state index in [0.29, 0.717) is 42.7 Å². The van der Waals surface area contributed by atoms with Crippen LogP contribution in [0.15, 0.2) is 56.6 Å². The minimum atomic E-state index is -3.65. The standard InChI is InChI=1S/C23H26N2O6S/c1-17-10-11-18(16-21(17)32(28,29)24-12-5-2-6-13-24)22(26)30-15-7-14-25-19-8-3-4-9-20(19)31-23(25)27/h3-4,8-11,16H,2,5-7,12-15H2,1H3. The van der Waals surface area contributed by atoms with Crippen molar-refractivity contribution in [2.45, 2.75) is 44.0 Å². The summed E-state index contributed by atoms with van der Waals surface area (Å²) in [5.74, 6) is -1.05. The zero-order valence-electron chi connectivity index (χ0n) is 18.0. The number of carbonyl (C=O) groups is 1. The van der Waals surface area contributed by atoms with Crippen LogP contribution in [-0.4, -0.2) is 43.0 Å². The van der Waals surface area contributed by atoms with Crippen LogP contribution in [0.5, 0.6) is 0 Å². The highest BCUT2D eigenvalue weighted by molar-refractivity contribution is 7.89. The number of para-hydroxylation sites is 2. The molecule has 2 aromatic carbocycles. The van der Waals surface area contributed by atoms with Crippen molar-refractivity contribution in [3.8, 4) is 0 Å². The molecule has 2 heterocycles. The Labute approximate surface area is 186 Å². The molecular formula is C23H26N2O6S. The first-order chi connectivity index (χ1) is 15.4. The number of oxazole rings is 1. The van der Waals surface area contributed by atoms with E-state index >= 15 is 0 Å². The molecule has 0 saturated carbocycles. The van der Waals surface area contributed by atoms with E-state index in [-0.39, 0.29) is 17.1 Å². The summed E-state index contributed by atoms with van der Waals surface area (Å²) in [6.07, 6.45) is 3.13. The van der Waals surface area contributed by atoms with Gasteiger partial charge in [-0.1, -0.05) is 24.6 Å². The van der Waals surface area contributed by atoms with Gasteiger partial charge in [0.05, 0.1) is 22.6 Å². The zero-order chi connectivity index (χ0) is 22.7. The Kier molecular flexibility index (Phi) is 6.48. The maximum atomic E-state index is 13.0. The van der Waals surface area contributed by atoms with Gasteiger partial charge in [0.15, 0.2) is 5.58 Å². The van der Waals surface area contributed by atoms with Crippen LogP contribution in [0.1, 0.15) is 41.6 Å². The summed E-state index contributed by atoms with van der Waals surface area (Å²) in [5.41, 5.74) is 1.99. The third-order valence-corrected chi connectivity index (χ3v) is 7.73. The molecule has 1 aromatic heterocycles. The van der Waals surface area contributed by atoms with E-state index in [1.54, 1.807) is 37.3 Å². The molecule has 170 valence electrons. The Hall–Kier alpha value is -2.91. The molecule has 3 aromatic rings. The van der Waals surface area contributed by atoms with Gasteiger partial charge in [0, 0.05) is 19.6 Å². The first-order valence-electron chi connectivity index (χ1n) is 10.7.